The van der Waals surface area contributed by atoms with Crippen molar-refractivity contribution in [2.75, 3.05) is 19.6 Å². The third kappa shape index (κ3) is 4.35. The molecule has 21 heavy (non-hydrogen) atoms. The molecule has 1 aliphatic heterocycles. The summed E-state index contributed by atoms with van der Waals surface area (Å²) in [5.41, 5.74) is 0.664. The van der Waals surface area contributed by atoms with Gasteiger partial charge < -0.3 is 9.73 Å². The summed E-state index contributed by atoms with van der Waals surface area (Å²) in [6.07, 6.45) is -2.86. The number of aryl methyl sites for hydroxylation is 1. The summed E-state index contributed by atoms with van der Waals surface area (Å²) >= 11 is 0. The Kier molecular flexibility index (Phi) is 5.11. The Morgan fingerprint density at radius 2 is 2.14 bits per heavy atom. The lowest BCUT2D eigenvalue weighted by molar-refractivity contribution is -0.0961. The maximum absolute atomic E-state index is 12.6. The van der Waals surface area contributed by atoms with Crippen LogP contribution < -0.4 is 5.32 Å². The third-order valence-corrected chi connectivity index (χ3v) is 3.64. The highest BCUT2D eigenvalue weighted by atomic mass is 19.4. The van der Waals surface area contributed by atoms with E-state index in [0.717, 1.165) is 23.6 Å². The van der Waals surface area contributed by atoms with Gasteiger partial charge >= 0.3 is 6.18 Å². The van der Waals surface area contributed by atoms with Gasteiger partial charge in [0.25, 0.3) is 0 Å². The molecule has 0 spiro atoms. The van der Waals surface area contributed by atoms with Crippen molar-refractivity contribution in [1.29, 1.82) is 0 Å². The molecular weight excluding hydrogens is 281 g/mol. The van der Waals surface area contributed by atoms with Gasteiger partial charge in [0.1, 0.15) is 11.5 Å². The van der Waals surface area contributed by atoms with Gasteiger partial charge in [-0.05, 0) is 31.5 Å². The summed E-state index contributed by atoms with van der Waals surface area (Å²) in [4.78, 5) is 1.96. The number of nitrogens with one attached hydrogen (secondary N) is 1. The lowest BCUT2D eigenvalue weighted by Crippen LogP contribution is -2.31. The largest absolute Gasteiger partial charge is 0.463 e. The Labute approximate surface area is 122 Å². The van der Waals surface area contributed by atoms with Crippen molar-refractivity contribution in [2.45, 2.75) is 39.5 Å². The average molecular weight is 302 g/mol. The lowest BCUT2D eigenvalue weighted by Gasteiger charge is -2.26. The van der Waals surface area contributed by atoms with E-state index in [1.54, 1.807) is 0 Å². The Hall–Kier alpha value is -1.27. The minimum atomic E-state index is -4.19. The van der Waals surface area contributed by atoms with E-state index in [0.29, 0.717) is 26.2 Å². The van der Waals surface area contributed by atoms with Gasteiger partial charge in [0.2, 0.25) is 0 Å². The summed E-state index contributed by atoms with van der Waals surface area (Å²) in [7, 11) is 0. The standard InChI is InChI=1S/C15H21F3N2O/c1-3-19-9-14-11(2)8-13(21-14)10-20-6-4-12(5-7-20)15(16,17)18/h4,8,19H,3,5-7,9-10H2,1-2H3. The molecule has 1 N–H and O–H groups in total. The van der Waals surface area contributed by atoms with E-state index in [4.69, 9.17) is 4.42 Å². The van der Waals surface area contributed by atoms with Crippen molar-refractivity contribution in [3.05, 3.63) is 34.8 Å². The van der Waals surface area contributed by atoms with Crippen LogP contribution >= 0.6 is 0 Å². The zero-order valence-electron chi connectivity index (χ0n) is 12.4. The van der Waals surface area contributed by atoms with Crippen LogP contribution in [0.15, 0.2) is 22.1 Å². The van der Waals surface area contributed by atoms with E-state index < -0.39 is 11.7 Å². The molecular formula is C15H21F3N2O. The first-order valence-corrected chi connectivity index (χ1v) is 7.17. The second-order valence-electron chi connectivity index (χ2n) is 5.31. The minimum absolute atomic E-state index is 0.0490. The number of halogens is 3. The lowest BCUT2D eigenvalue weighted by atomic mass is 10.1. The minimum Gasteiger partial charge on any atom is -0.463 e. The van der Waals surface area contributed by atoms with Gasteiger partial charge in [0.05, 0.1) is 13.1 Å². The predicted octanol–water partition coefficient (Wildman–Crippen LogP) is 3.39. The van der Waals surface area contributed by atoms with E-state index in [2.05, 4.69) is 5.32 Å². The van der Waals surface area contributed by atoms with E-state index in [9.17, 15) is 13.2 Å². The van der Waals surface area contributed by atoms with E-state index in [1.165, 1.54) is 6.08 Å². The summed E-state index contributed by atoms with van der Waals surface area (Å²) in [6, 6.07) is 1.97. The van der Waals surface area contributed by atoms with Gasteiger partial charge in [0, 0.05) is 18.7 Å². The average Bonchev–Trinajstić information content (AvgIpc) is 2.76. The molecule has 0 saturated heterocycles. The number of alkyl halides is 3. The van der Waals surface area contributed by atoms with Crippen LogP contribution in [0.3, 0.4) is 0 Å². The van der Waals surface area contributed by atoms with Gasteiger partial charge in [-0.1, -0.05) is 13.0 Å². The molecule has 118 valence electrons. The SMILES string of the molecule is CCNCc1oc(CN2CC=C(C(F)(F)F)CC2)cc1C. The fraction of sp³-hybridized carbons (Fsp3) is 0.600. The van der Waals surface area contributed by atoms with Crippen molar-refractivity contribution >= 4 is 0 Å². The number of rotatable bonds is 5. The molecule has 2 heterocycles. The number of nitrogens with zero attached hydrogens (tertiary/aromatic N) is 1. The van der Waals surface area contributed by atoms with Gasteiger partial charge in [-0.2, -0.15) is 13.2 Å². The first kappa shape index (κ1) is 16.1. The highest BCUT2D eigenvalue weighted by Crippen LogP contribution is 2.30. The monoisotopic (exact) mass is 302 g/mol. The Bertz CT molecular complexity index is 506. The quantitative estimate of drug-likeness (QED) is 0.845. The van der Waals surface area contributed by atoms with Gasteiger partial charge in [-0.25, -0.2) is 0 Å². The maximum atomic E-state index is 12.6. The molecule has 0 amide bonds. The van der Waals surface area contributed by atoms with Crippen LogP contribution in [0.4, 0.5) is 13.2 Å². The molecule has 0 fully saturated rings. The topological polar surface area (TPSA) is 28.4 Å². The highest BCUT2D eigenvalue weighted by molar-refractivity contribution is 5.20. The highest BCUT2D eigenvalue weighted by Gasteiger charge is 2.34. The van der Waals surface area contributed by atoms with Crippen molar-refractivity contribution in [2.24, 2.45) is 0 Å². The van der Waals surface area contributed by atoms with Crippen LogP contribution in [0.25, 0.3) is 0 Å². The molecule has 1 aromatic rings. The molecule has 0 atom stereocenters. The second kappa shape index (κ2) is 6.66. The molecule has 0 unspecified atom stereocenters. The van der Waals surface area contributed by atoms with E-state index in [1.807, 2.05) is 24.8 Å². The normalized spacial score (nSPS) is 17.1. The van der Waals surface area contributed by atoms with Gasteiger partial charge in [-0.3, -0.25) is 4.90 Å². The van der Waals surface area contributed by atoms with Crippen LogP contribution in [0.5, 0.6) is 0 Å². The molecule has 1 aliphatic rings. The first-order chi connectivity index (χ1) is 9.90. The van der Waals surface area contributed by atoms with Crippen LogP contribution in [-0.2, 0) is 13.1 Å². The molecule has 0 radical (unpaired) electrons. The summed E-state index contributed by atoms with van der Waals surface area (Å²) in [5.74, 6) is 1.71. The van der Waals surface area contributed by atoms with Crippen molar-refractivity contribution in [3.63, 3.8) is 0 Å². The molecule has 0 aromatic carbocycles. The summed E-state index contributed by atoms with van der Waals surface area (Å²) in [6.45, 7) is 6.83. The molecule has 3 nitrogen and oxygen atoms in total. The number of furan rings is 1. The molecule has 0 saturated carbocycles. The zero-order chi connectivity index (χ0) is 15.5. The molecule has 0 bridgehead atoms. The van der Waals surface area contributed by atoms with Crippen LogP contribution in [-0.4, -0.2) is 30.7 Å². The third-order valence-electron chi connectivity index (χ3n) is 3.64. The zero-order valence-corrected chi connectivity index (χ0v) is 12.4. The Morgan fingerprint density at radius 1 is 1.38 bits per heavy atom. The van der Waals surface area contributed by atoms with Crippen molar-refractivity contribution in [1.82, 2.24) is 10.2 Å². The van der Waals surface area contributed by atoms with Crippen LogP contribution in [0.1, 0.15) is 30.4 Å². The number of hydrogen-bond donors (Lipinski definition) is 1. The molecule has 6 heteroatoms. The number of hydrogen-bond acceptors (Lipinski definition) is 3. The van der Waals surface area contributed by atoms with Crippen molar-refractivity contribution in [3.8, 4) is 0 Å². The maximum Gasteiger partial charge on any atom is 0.412 e. The second-order valence-corrected chi connectivity index (χ2v) is 5.31. The molecule has 0 aliphatic carbocycles. The molecule has 2 rings (SSSR count). The fourth-order valence-electron chi connectivity index (χ4n) is 2.41. The van der Waals surface area contributed by atoms with Crippen LogP contribution in [0.2, 0.25) is 0 Å². The smallest absolute Gasteiger partial charge is 0.412 e. The summed E-state index contributed by atoms with van der Waals surface area (Å²) < 4.78 is 43.4. The Morgan fingerprint density at radius 3 is 2.71 bits per heavy atom. The van der Waals surface area contributed by atoms with Crippen LogP contribution in [0, 0.1) is 6.92 Å². The van der Waals surface area contributed by atoms with E-state index >= 15 is 0 Å². The fourth-order valence-corrected chi connectivity index (χ4v) is 2.41. The molecule has 1 aromatic heterocycles. The summed E-state index contributed by atoms with van der Waals surface area (Å²) in [5, 5.41) is 3.20. The predicted molar refractivity (Wildman–Crippen MR) is 74.9 cm³/mol. The van der Waals surface area contributed by atoms with Gasteiger partial charge in [-0.15, -0.1) is 0 Å². The first-order valence-electron chi connectivity index (χ1n) is 7.17. The Balaban J connectivity index is 1.93. The van der Waals surface area contributed by atoms with E-state index in [-0.39, 0.29) is 6.42 Å². The van der Waals surface area contributed by atoms with Gasteiger partial charge in [0.15, 0.2) is 0 Å². The van der Waals surface area contributed by atoms with Crippen molar-refractivity contribution < 1.29 is 17.6 Å².